The molecule has 0 spiro atoms. The van der Waals surface area contributed by atoms with E-state index in [1.54, 1.807) is 42.5 Å². The zero-order valence-electron chi connectivity index (χ0n) is 16.9. The number of hydrogen-bond acceptors (Lipinski definition) is 4. The Bertz CT molecular complexity index is 1170. The van der Waals surface area contributed by atoms with E-state index < -0.39 is 11.8 Å². The number of nitrogens with zero attached hydrogens (tertiary/aromatic N) is 1. The van der Waals surface area contributed by atoms with Crippen molar-refractivity contribution in [2.24, 2.45) is 0 Å². The van der Waals surface area contributed by atoms with E-state index in [1.165, 1.54) is 10.5 Å². The lowest BCUT2D eigenvalue weighted by atomic mass is 10.1. The van der Waals surface area contributed by atoms with Gasteiger partial charge in [-0.3, -0.25) is 19.8 Å². The van der Waals surface area contributed by atoms with Gasteiger partial charge in [0.1, 0.15) is 17.9 Å². The fourth-order valence-electron chi connectivity index (χ4n) is 3.26. The van der Waals surface area contributed by atoms with Gasteiger partial charge in [-0.15, -0.1) is 0 Å². The molecule has 1 aliphatic rings. The number of carbonyl (C=O) groups is 2. The van der Waals surface area contributed by atoms with Gasteiger partial charge in [0, 0.05) is 0 Å². The molecule has 5 nitrogen and oxygen atoms in total. The third-order valence-corrected chi connectivity index (χ3v) is 5.08. The highest BCUT2D eigenvalue weighted by molar-refractivity contribution is 7.80. The van der Waals surface area contributed by atoms with Gasteiger partial charge < -0.3 is 4.74 Å². The molecule has 2 amide bonds. The van der Waals surface area contributed by atoms with E-state index in [2.05, 4.69) is 11.4 Å². The Morgan fingerprint density at radius 2 is 1.71 bits per heavy atom. The van der Waals surface area contributed by atoms with Crippen LogP contribution in [0.15, 0.2) is 84.4 Å². The van der Waals surface area contributed by atoms with Crippen molar-refractivity contribution in [2.75, 3.05) is 4.90 Å². The molecule has 1 fully saturated rings. The van der Waals surface area contributed by atoms with Crippen LogP contribution < -0.4 is 15.0 Å². The molecular formula is C25H20N2O3S. The highest BCUT2D eigenvalue weighted by atomic mass is 32.1. The summed E-state index contributed by atoms with van der Waals surface area (Å²) in [6, 6.07) is 24.4. The number of nitrogens with one attached hydrogen (secondary N) is 1. The van der Waals surface area contributed by atoms with Crippen molar-refractivity contribution in [1.82, 2.24) is 5.32 Å². The maximum atomic E-state index is 13.0. The molecule has 0 unspecified atom stereocenters. The lowest BCUT2D eigenvalue weighted by Crippen LogP contribution is -2.54. The second-order valence-electron chi connectivity index (χ2n) is 7.14. The van der Waals surface area contributed by atoms with Crippen molar-refractivity contribution in [3.05, 3.63) is 101 Å². The average Bonchev–Trinajstić information content (AvgIpc) is 2.77. The average molecular weight is 429 g/mol. The van der Waals surface area contributed by atoms with Crippen LogP contribution in [0.2, 0.25) is 0 Å². The number of para-hydroxylation sites is 1. The number of anilines is 1. The van der Waals surface area contributed by atoms with Gasteiger partial charge in [0.05, 0.1) is 5.69 Å². The van der Waals surface area contributed by atoms with Gasteiger partial charge in [-0.25, -0.2) is 0 Å². The van der Waals surface area contributed by atoms with Gasteiger partial charge >= 0.3 is 0 Å². The summed E-state index contributed by atoms with van der Waals surface area (Å²) in [4.78, 5) is 26.7. The van der Waals surface area contributed by atoms with Crippen LogP contribution in [-0.2, 0) is 16.2 Å². The van der Waals surface area contributed by atoms with E-state index in [9.17, 15) is 9.59 Å². The van der Waals surface area contributed by atoms with Crippen molar-refractivity contribution < 1.29 is 14.3 Å². The van der Waals surface area contributed by atoms with E-state index in [0.717, 1.165) is 5.56 Å². The summed E-state index contributed by atoms with van der Waals surface area (Å²) in [7, 11) is 0. The number of amides is 2. The Balaban J connectivity index is 1.51. The second kappa shape index (κ2) is 8.93. The van der Waals surface area contributed by atoms with Gasteiger partial charge in [0.15, 0.2) is 5.11 Å². The summed E-state index contributed by atoms with van der Waals surface area (Å²) in [6.45, 7) is 2.51. The normalized spacial score (nSPS) is 15.2. The molecule has 4 rings (SSSR count). The number of hydrogen-bond donors (Lipinski definition) is 1. The van der Waals surface area contributed by atoms with Crippen LogP contribution in [0.4, 0.5) is 5.69 Å². The van der Waals surface area contributed by atoms with Crippen LogP contribution in [0.25, 0.3) is 6.08 Å². The van der Waals surface area contributed by atoms with Crippen molar-refractivity contribution in [3.8, 4) is 5.75 Å². The molecule has 1 saturated heterocycles. The van der Waals surface area contributed by atoms with Crippen LogP contribution >= 0.6 is 12.2 Å². The number of carbonyl (C=O) groups excluding carboxylic acids is 2. The minimum atomic E-state index is -0.512. The smallest absolute Gasteiger partial charge is 0.270 e. The number of aryl methyl sites for hydroxylation is 1. The van der Waals surface area contributed by atoms with Crippen molar-refractivity contribution in [3.63, 3.8) is 0 Å². The Labute approximate surface area is 186 Å². The van der Waals surface area contributed by atoms with Crippen LogP contribution in [0, 0.1) is 6.92 Å². The molecule has 3 aromatic carbocycles. The molecule has 1 N–H and O–H groups in total. The molecule has 154 valence electrons. The van der Waals surface area contributed by atoms with Crippen LogP contribution in [-0.4, -0.2) is 16.9 Å². The molecule has 0 atom stereocenters. The Morgan fingerprint density at radius 1 is 0.968 bits per heavy atom. The Morgan fingerprint density at radius 3 is 2.42 bits per heavy atom. The summed E-state index contributed by atoms with van der Waals surface area (Å²) < 4.78 is 5.83. The first kappa shape index (κ1) is 20.5. The molecule has 31 heavy (non-hydrogen) atoms. The minimum absolute atomic E-state index is 0.0193. The highest BCUT2D eigenvalue weighted by Crippen LogP contribution is 2.22. The third kappa shape index (κ3) is 4.70. The maximum absolute atomic E-state index is 13.0. The molecule has 0 saturated carbocycles. The van der Waals surface area contributed by atoms with Gasteiger partial charge in [0.25, 0.3) is 11.8 Å². The molecule has 3 aromatic rings. The van der Waals surface area contributed by atoms with Crippen molar-refractivity contribution >= 4 is 40.9 Å². The highest BCUT2D eigenvalue weighted by Gasteiger charge is 2.34. The Hall–Kier alpha value is -3.77. The zero-order valence-corrected chi connectivity index (χ0v) is 17.7. The number of thiocarbonyl (C=S) groups is 1. The predicted octanol–water partition coefficient (Wildman–Crippen LogP) is 4.41. The van der Waals surface area contributed by atoms with E-state index in [4.69, 9.17) is 17.0 Å². The van der Waals surface area contributed by atoms with E-state index in [1.807, 2.05) is 43.3 Å². The van der Waals surface area contributed by atoms with Crippen molar-refractivity contribution in [2.45, 2.75) is 13.5 Å². The SMILES string of the molecule is Cc1cccc(COc2ccc(/C=C3/C(=O)NC(=S)N(c4ccccc4)C3=O)cc2)c1. The monoisotopic (exact) mass is 428 g/mol. The fraction of sp³-hybridized carbons (Fsp3) is 0.0800. The van der Waals surface area contributed by atoms with E-state index in [-0.39, 0.29) is 10.7 Å². The summed E-state index contributed by atoms with van der Waals surface area (Å²) in [5, 5.41) is 2.66. The number of benzene rings is 3. The molecule has 0 radical (unpaired) electrons. The maximum Gasteiger partial charge on any atom is 0.270 e. The summed E-state index contributed by atoms with van der Waals surface area (Å²) in [6.07, 6.45) is 1.56. The lowest BCUT2D eigenvalue weighted by molar-refractivity contribution is -0.122. The summed E-state index contributed by atoms with van der Waals surface area (Å²) >= 11 is 5.20. The third-order valence-electron chi connectivity index (χ3n) is 4.80. The van der Waals surface area contributed by atoms with Gasteiger partial charge in [-0.1, -0.05) is 60.2 Å². The molecule has 0 bridgehead atoms. The largest absolute Gasteiger partial charge is 0.489 e. The van der Waals surface area contributed by atoms with Gasteiger partial charge in [-0.05, 0) is 60.6 Å². The number of rotatable bonds is 5. The van der Waals surface area contributed by atoms with Crippen LogP contribution in [0.5, 0.6) is 5.75 Å². The van der Waals surface area contributed by atoms with E-state index >= 15 is 0 Å². The zero-order chi connectivity index (χ0) is 21.8. The fourth-order valence-corrected chi connectivity index (χ4v) is 3.55. The summed E-state index contributed by atoms with van der Waals surface area (Å²) in [5.74, 6) is -0.267. The molecule has 0 aliphatic carbocycles. The molecule has 6 heteroatoms. The van der Waals surface area contributed by atoms with Gasteiger partial charge in [0.2, 0.25) is 0 Å². The standard InChI is InChI=1S/C25H20N2O3S/c1-17-6-5-7-19(14-17)16-30-21-12-10-18(11-13-21)15-22-23(28)26-25(31)27(24(22)29)20-8-3-2-4-9-20/h2-15H,16H2,1H3,(H,26,28,31)/b22-15-. The Kier molecular flexibility index (Phi) is 5.91. The minimum Gasteiger partial charge on any atom is -0.489 e. The quantitative estimate of drug-likeness (QED) is 0.372. The predicted molar refractivity (Wildman–Crippen MR) is 125 cm³/mol. The number of ether oxygens (including phenoxy) is 1. The first-order chi connectivity index (χ1) is 15.0. The van der Waals surface area contributed by atoms with Crippen molar-refractivity contribution in [1.29, 1.82) is 0 Å². The topological polar surface area (TPSA) is 58.6 Å². The molecular weight excluding hydrogens is 408 g/mol. The summed E-state index contributed by atoms with van der Waals surface area (Å²) in [5.41, 5.74) is 3.60. The second-order valence-corrected chi connectivity index (χ2v) is 7.53. The first-order valence-corrected chi connectivity index (χ1v) is 10.2. The molecule has 1 heterocycles. The lowest BCUT2D eigenvalue weighted by Gasteiger charge is -2.28. The van der Waals surface area contributed by atoms with Crippen LogP contribution in [0.1, 0.15) is 16.7 Å². The first-order valence-electron chi connectivity index (χ1n) is 9.76. The van der Waals surface area contributed by atoms with Crippen LogP contribution in [0.3, 0.4) is 0 Å². The molecule has 0 aromatic heterocycles. The molecule has 1 aliphatic heterocycles. The van der Waals surface area contributed by atoms with E-state index in [0.29, 0.717) is 23.6 Å². The van der Waals surface area contributed by atoms with Gasteiger partial charge in [-0.2, -0.15) is 0 Å².